The molecule has 0 aliphatic heterocycles. The number of hydrogen-bond donors (Lipinski definition) is 0. The van der Waals surface area contributed by atoms with Gasteiger partial charge in [0.2, 0.25) is 0 Å². The molecule has 86 valence electrons. The van der Waals surface area contributed by atoms with Gasteiger partial charge in [-0.3, -0.25) is 0 Å². The van der Waals surface area contributed by atoms with Gasteiger partial charge in [0.15, 0.2) is 0 Å². The van der Waals surface area contributed by atoms with Crippen LogP contribution in [0.2, 0.25) is 20.1 Å². The molecular weight excluding hydrogens is 302 g/mol. The first-order chi connectivity index (χ1) is 8.11. The molecule has 2 heterocycles. The highest BCUT2D eigenvalue weighted by Crippen LogP contribution is 2.43. The molecule has 17 heavy (non-hydrogen) atoms. The molecule has 0 saturated heterocycles. The molecule has 2 aromatic heterocycles. The standard InChI is InChI=1S/C11H4Cl4N2/c12-7-5-1-3-17-4-2-16-11(17)6(5)8(13)10(15)9(7)14/h1-4H. The summed E-state index contributed by atoms with van der Waals surface area (Å²) >= 11 is 24.4. The maximum absolute atomic E-state index is 6.21. The summed E-state index contributed by atoms with van der Waals surface area (Å²) in [6.07, 6.45) is 5.35. The smallest absolute Gasteiger partial charge is 0.146 e. The minimum atomic E-state index is 0.252. The Bertz CT molecular complexity index is 748. The molecule has 0 bridgehead atoms. The predicted octanol–water partition coefficient (Wildman–Crippen LogP) is 5.10. The van der Waals surface area contributed by atoms with Gasteiger partial charge in [-0.05, 0) is 6.07 Å². The Morgan fingerprint density at radius 1 is 0.882 bits per heavy atom. The number of imidazole rings is 1. The van der Waals surface area contributed by atoms with E-state index >= 15 is 0 Å². The third-order valence-corrected chi connectivity index (χ3v) is 4.41. The van der Waals surface area contributed by atoms with Gasteiger partial charge in [-0.2, -0.15) is 0 Å². The van der Waals surface area contributed by atoms with Crippen molar-refractivity contribution < 1.29 is 0 Å². The molecule has 2 nitrogen and oxygen atoms in total. The lowest BCUT2D eigenvalue weighted by Gasteiger charge is -2.09. The molecule has 1 aromatic carbocycles. The topological polar surface area (TPSA) is 17.3 Å². The van der Waals surface area contributed by atoms with Crippen LogP contribution in [0.5, 0.6) is 0 Å². The minimum absolute atomic E-state index is 0.252. The highest BCUT2D eigenvalue weighted by atomic mass is 35.5. The van der Waals surface area contributed by atoms with E-state index < -0.39 is 0 Å². The van der Waals surface area contributed by atoms with E-state index in [1.807, 2.05) is 22.9 Å². The van der Waals surface area contributed by atoms with E-state index in [2.05, 4.69) is 4.98 Å². The van der Waals surface area contributed by atoms with E-state index in [1.165, 1.54) is 0 Å². The Balaban J connectivity index is 2.68. The van der Waals surface area contributed by atoms with Crippen molar-refractivity contribution >= 4 is 62.8 Å². The zero-order valence-corrected chi connectivity index (χ0v) is 11.2. The van der Waals surface area contributed by atoms with Crippen molar-refractivity contribution in [3.8, 4) is 0 Å². The van der Waals surface area contributed by atoms with Crippen molar-refractivity contribution in [2.45, 2.75) is 0 Å². The summed E-state index contributed by atoms with van der Waals surface area (Å²) in [6, 6.07) is 1.83. The number of fused-ring (bicyclic) bond motifs is 3. The van der Waals surface area contributed by atoms with Gasteiger partial charge in [-0.15, -0.1) is 0 Å². The van der Waals surface area contributed by atoms with Crippen LogP contribution < -0.4 is 0 Å². The number of halogens is 4. The van der Waals surface area contributed by atoms with Gasteiger partial charge in [-0.1, -0.05) is 46.4 Å². The zero-order chi connectivity index (χ0) is 12.2. The van der Waals surface area contributed by atoms with Crippen molar-refractivity contribution in [2.24, 2.45) is 0 Å². The fourth-order valence-electron chi connectivity index (χ4n) is 1.81. The molecule has 3 rings (SSSR count). The van der Waals surface area contributed by atoms with E-state index in [9.17, 15) is 0 Å². The summed E-state index contributed by atoms with van der Waals surface area (Å²) in [5.74, 6) is 0. The molecule has 3 aromatic rings. The monoisotopic (exact) mass is 304 g/mol. The molecule has 6 heteroatoms. The predicted molar refractivity (Wildman–Crippen MR) is 72.7 cm³/mol. The molecule has 0 saturated carbocycles. The summed E-state index contributed by atoms with van der Waals surface area (Å²) in [4.78, 5) is 4.24. The van der Waals surface area contributed by atoms with Crippen molar-refractivity contribution in [1.82, 2.24) is 9.38 Å². The van der Waals surface area contributed by atoms with Crippen molar-refractivity contribution in [3.05, 3.63) is 44.7 Å². The number of benzene rings is 1. The van der Waals surface area contributed by atoms with Gasteiger partial charge in [0.25, 0.3) is 0 Å². The summed E-state index contributed by atoms with van der Waals surface area (Å²) in [7, 11) is 0. The van der Waals surface area contributed by atoms with Crippen LogP contribution in [0, 0.1) is 0 Å². The minimum Gasteiger partial charge on any atom is -0.307 e. The highest BCUT2D eigenvalue weighted by Gasteiger charge is 2.17. The summed E-state index contributed by atoms with van der Waals surface area (Å²) in [5.41, 5.74) is 0.702. The second-order valence-electron chi connectivity index (χ2n) is 3.52. The number of nitrogens with zero attached hydrogens (tertiary/aromatic N) is 2. The van der Waals surface area contributed by atoms with Gasteiger partial charge in [0.1, 0.15) is 5.65 Å². The van der Waals surface area contributed by atoms with Crippen LogP contribution in [-0.2, 0) is 0 Å². The first-order valence-corrected chi connectivity index (χ1v) is 6.19. The summed E-state index contributed by atoms with van der Waals surface area (Å²) in [5, 5.41) is 2.72. The first kappa shape index (κ1) is 11.4. The Morgan fingerprint density at radius 2 is 1.59 bits per heavy atom. The SMILES string of the molecule is Clc1c(Cl)c(Cl)c2c(ccn3ccnc23)c1Cl. The first-order valence-electron chi connectivity index (χ1n) is 4.68. The average molecular weight is 306 g/mol. The lowest BCUT2D eigenvalue weighted by atomic mass is 10.1. The van der Waals surface area contributed by atoms with E-state index in [0.717, 1.165) is 5.39 Å². The third-order valence-electron chi connectivity index (χ3n) is 2.60. The van der Waals surface area contributed by atoms with Crippen molar-refractivity contribution in [1.29, 1.82) is 0 Å². The van der Waals surface area contributed by atoms with Crippen molar-refractivity contribution in [2.75, 3.05) is 0 Å². The van der Waals surface area contributed by atoms with E-state index in [1.54, 1.807) is 6.20 Å². The Hall–Kier alpha value is -0.670. The second kappa shape index (κ2) is 3.92. The molecular formula is C11H4Cl4N2. The van der Waals surface area contributed by atoms with Crippen LogP contribution in [0.3, 0.4) is 0 Å². The molecule has 0 unspecified atom stereocenters. The molecule has 0 aliphatic rings. The lowest BCUT2D eigenvalue weighted by Crippen LogP contribution is -1.88. The van der Waals surface area contributed by atoms with Gasteiger partial charge in [-0.25, -0.2) is 4.98 Å². The second-order valence-corrected chi connectivity index (χ2v) is 5.03. The van der Waals surface area contributed by atoms with Gasteiger partial charge in [0.05, 0.1) is 20.1 Å². The van der Waals surface area contributed by atoms with Gasteiger partial charge >= 0.3 is 0 Å². The van der Waals surface area contributed by atoms with Crippen LogP contribution >= 0.6 is 46.4 Å². The molecule has 0 N–H and O–H groups in total. The molecule has 0 radical (unpaired) electrons. The Labute approximate surface area is 117 Å². The Morgan fingerprint density at radius 3 is 2.35 bits per heavy atom. The Kier molecular flexibility index (Phi) is 2.64. The van der Waals surface area contributed by atoms with E-state index in [-0.39, 0.29) is 10.0 Å². The van der Waals surface area contributed by atoms with Crippen LogP contribution in [-0.4, -0.2) is 9.38 Å². The summed E-state index contributed by atoms with van der Waals surface area (Å²) < 4.78 is 1.84. The van der Waals surface area contributed by atoms with Crippen molar-refractivity contribution in [3.63, 3.8) is 0 Å². The van der Waals surface area contributed by atoms with Crippen LogP contribution in [0.1, 0.15) is 0 Å². The number of rotatable bonds is 0. The normalized spacial score (nSPS) is 11.5. The summed E-state index contributed by atoms with van der Waals surface area (Å²) in [6.45, 7) is 0. The number of aromatic nitrogens is 2. The molecule has 0 spiro atoms. The third kappa shape index (κ3) is 1.52. The zero-order valence-electron chi connectivity index (χ0n) is 8.22. The van der Waals surface area contributed by atoms with E-state index in [4.69, 9.17) is 46.4 Å². The van der Waals surface area contributed by atoms with Crippen LogP contribution in [0.25, 0.3) is 16.4 Å². The number of hydrogen-bond acceptors (Lipinski definition) is 1. The fraction of sp³-hybridized carbons (Fsp3) is 0. The van der Waals surface area contributed by atoms with Crippen LogP contribution in [0.4, 0.5) is 0 Å². The maximum atomic E-state index is 6.21. The van der Waals surface area contributed by atoms with Gasteiger partial charge in [0, 0.05) is 29.4 Å². The molecule has 0 amide bonds. The number of pyridine rings is 1. The maximum Gasteiger partial charge on any atom is 0.146 e. The highest BCUT2D eigenvalue weighted by molar-refractivity contribution is 6.55. The quantitative estimate of drug-likeness (QED) is 0.417. The largest absolute Gasteiger partial charge is 0.307 e. The lowest BCUT2D eigenvalue weighted by molar-refractivity contribution is 1.20. The van der Waals surface area contributed by atoms with Crippen LogP contribution in [0.15, 0.2) is 24.7 Å². The van der Waals surface area contributed by atoms with E-state index in [0.29, 0.717) is 21.1 Å². The molecule has 0 atom stereocenters. The fourth-order valence-corrected chi connectivity index (χ4v) is 2.82. The molecule has 0 aliphatic carbocycles. The van der Waals surface area contributed by atoms with Gasteiger partial charge < -0.3 is 4.40 Å². The average Bonchev–Trinajstić information content (AvgIpc) is 2.80. The molecule has 0 fully saturated rings.